The van der Waals surface area contributed by atoms with Crippen LogP contribution in [-0.4, -0.2) is 35.6 Å². The number of hydrogen-bond donors (Lipinski definition) is 1. The maximum Gasteiger partial charge on any atom is 0.255 e. The molecule has 1 saturated heterocycles. The molecule has 0 atom stereocenters. The van der Waals surface area contributed by atoms with E-state index in [0.717, 1.165) is 23.5 Å². The second-order valence-electron chi connectivity index (χ2n) is 5.48. The van der Waals surface area contributed by atoms with Gasteiger partial charge in [0, 0.05) is 29.4 Å². The Morgan fingerprint density at radius 3 is 2.64 bits per heavy atom. The van der Waals surface area contributed by atoms with Crippen molar-refractivity contribution >= 4 is 35.2 Å². The third-order valence-corrected chi connectivity index (χ3v) is 5.05. The Labute approximate surface area is 140 Å². The van der Waals surface area contributed by atoms with Crippen LogP contribution in [0.15, 0.2) is 23.1 Å². The van der Waals surface area contributed by atoms with Crippen molar-refractivity contribution in [3.05, 3.63) is 28.8 Å². The van der Waals surface area contributed by atoms with Crippen LogP contribution in [-0.2, 0) is 4.79 Å². The van der Waals surface area contributed by atoms with Gasteiger partial charge in [0.2, 0.25) is 5.91 Å². The summed E-state index contributed by atoms with van der Waals surface area (Å²) in [6, 6.07) is 5.47. The molecular formula is C16H21ClN2O2S. The van der Waals surface area contributed by atoms with Gasteiger partial charge in [0.25, 0.3) is 5.91 Å². The largest absolute Gasteiger partial charge is 0.370 e. The summed E-state index contributed by atoms with van der Waals surface area (Å²) in [7, 11) is 0. The standard InChI is InChI=1S/C16H21ClN2O2S/c1-2-22-14-4-3-12(17)10-13(14)16(21)19-7-5-11(6-8-19)9-15(18)20/h3-4,10-11H,2,5-9H2,1H3,(H2,18,20). The normalized spacial score (nSPS) is 15.8. The molecule has 0 bridgehead atoms. The van der Waals surface area contributed by atoms with Crippen LogP contribution in [0, 0.1) is 5.92 Å². The number of piperidine rings is 1. The van der Waals surface area contributed by atoms with Crippen molar-refractivity contribution in [3.63, 3.8) is 0 Å². The van der Waals surface area contributed by atoms with Crippen molar-refractivity contribution in [1.82, 2.24) is 4.90 Å². The van der Waals surface area contributed by atoms with Gasteiger partial charge in [-0.1, -0.05) is 18.5 Å². The summed E-state index contributed by atoms with van der Waals surface area (Å²) < 4.78 is 0. The van der Waals surface area contributed by atoms with Gasteiger partial charge >= 0.3 is 0 Å². The maximum absolute atomic E-state index is 12.7. The molecule has 120 valence electrons. The van der Waals surface area contributed by atoms with E-state index in [1.807, 2.05) is 17.0 Å². The van der Waals surface area contributed by atoms with Gasteiger partial charge in [-0.15, -0.1) is 11.8 Å². The number of amides is 2. The first-order valence-electron chi connectivity index (χ1n) is 7.51. The molecule has 0 spiro atoms. The van der Waals surface area contributed by atoms with Gasteiger partial charge < -0.3 is 10.6 Å². The van der Waals surface area contributed by atoms with E-state index in [1.165, 1.54) is 0 Å². The SMILES string of the molecule is CCSc1ccc(Cl)cc1C(=O)N1CCC(CC(N)=O)CC1. The van der Waals surface area contributed by atoms with Crippen molar-refractivity contribution in [2.75, 3.05) is 18.8 Å². The van der Waals surface area contributed by atoms with Gasteiger partial charge in [0.1, 0.15) is 0 Å². The molecule has 1 aromatic rings. The Hall–Kier alpha value is -1.20. The molecule has 2 rings (SSSR count). The third kappa shape index (κ3) is 4.40. The number of nitrogens with two attached hydrogens (primary N) is 1. The molecule has 0 aliphatic carbocycles. The molecule has 1 fully saturated rings. The second kappa shape index (κ2) is 7.88. The lowest BCUT2D eigenvalue weighted by atomic mass is 9.93. The van der Waals surface area contributed by atoms with Crippen molar-refractivity contribution in [3.8, 4) is 0 Å². The number of thioether (sulfide) groups is 1. The summed E-state index contributed by atoms with van der Waals surface area (Å²) in [6.07, 6.45) is 2.06. The molecule has 2 N–H and O–H groups in total. The predicted octanol–water partition coefficient (Wildman–Crippen LogP) is 3.18. The van der Waals surface area contributed by atoms with E-state index in [-0.39, 0.29) is 11.8 Å². The molecule has 0 saturated carbocycles. The molecule has 1 aliphatic heterocycles. The number of rotatable bonds is 5. The van der Waals surface area contributed by atoms with Gasteiger partial charge in [-0.05, 0) is 42.7 Å². The molecule has 1 aliphatic rings. The summed E-state index contributed by atoms with van der Waals surface area (Å²) in [5.74, 6) is 0.963. The quantitative estimate of drug-likeness (QED) is 0.837. The highest BCUT2D eigenvalue weighted by Crippen LogP contribution is 2.28. The minimum absolute atomic E-state index is 0.0241. The molecule has 0 aromatic heterocycles. The minimum atomic E-state index is -0.263. The van der Waals surface area contributed by atoms with Crippen LogP contribution in [0.2, 0.25) is 5.02 Å². The van der Waals surface area contributed by atoms with Crippen molar-refractivity contribution in [1.29, 1.82) is 0 Å². The van der Waals surface area contributed by atoms with Crippen LogP contribution in [0.1, 0.15) is 36.5 Å². The number of benzene rings is 1. The van der Waals surface area contributed by atoms with E-state index in [1.54, 1.807) is 17.8 Å². The number of carbonyl (C=O) groups is 2. The molecule has 4 nitrogen and oxygen atoms in total. The highest BCUT2D eigenvalue weighted by atomic mass is 35.5. The fourth-order valence-corrected chi connectivity index (χ4v) is 3.69. The van der Waals surface area contributed by atoms with Crippen LogP contribution in [0.3, 0.4) is 0 Å². The predicted molar refractivity (Wildman–Crippen MR) is 90.3 cm³/mol. The average molecular weight is 341 g/mol. The smallest absolute Gasteiger partial charge is 0.255 e. The van der Waals surface area contributed by atoms with E-state index >= 15 is 0 Å². The highest BCUT2D eigenvalue weighted by Gasteiger charge is 2.26. The number of primary amides is 1. The molecule has 1 heterocycles. The summed E-state index contributed by atoms with van der Waals surface area (Å²) in [5.41, 5.74) is 5.92. The Balaban J connectivity index is 2.06. The lowest BCUT2D eigenvalue weighted by Crippen LogP contribution is -2.39. The van der Waals surface area contributed by atoms with Gasteiger partial charge in [0.05, 0.1) is 5.56 Å². The molecule has 2 amide bonds. The van der Waals surface area contributed by atoms with E-state index in [4.69, 9.17) is 17.3 Å². The van der Waals surface area contributed by atoms with Crippen LogP contribution >= 0.6 is 23.4 Å². The zero-order valence-electron chi connectivity index (χ0n) is 12.7. The minimum Gasteiger partial charge on any atom is -0.370 e. The number of nitrogens with zero attached hydrogens (tertiary/aromatic N) is 1. The third-order valence-electron chi connectivity index (χ3n) is 3.86. The molecule has 6 heteroatoms. The summed E-state index contributed by atoms with van der Waals surface area (Å²) in [6.45, 7) is 3.39. The number of likely N-dealkylation sites (tertiary alicyclic amines) is 1. The zero-order chi connectivity index (χ0) is 16.1. The van der Waals surface area contributed by atoms with E-state index in [0.29, 0.717) is 36.0 Å². The Morgan fingerprint density at radius 1 is 1.36 bits per heavy atom. The van der Waals surface area contributed by atoms with Gasteiger partial charge in [-0.25, -0.2) is 0 Å². The van der Waals surface area contributed by atoms with Crippen LogP contribution in [0.4, 0.5) is 0 Å². The van der Waals surface area contributed by atoms with Crippen LogP contribution in [0.5, 0.6) is 0 Å². The topological polar surface area (TPSA) is 63.4 Å². The first kappa shape index (κ1) is 17.2. The molecule has 0 radical (unpaired) electrons. The maximum atomic E-state index is 12.7. The molecule has 22 heavy (non-hydrogen) atoms. The van der Waals surface area contributed by atoms with Crippen LogP contribution < -0.4 is 5.73 Å². The van der Waals surface area contributed by atoms with Crippen molar-refractivity contribution in [2.45, 2.75) is 31.1 Å². The number of carbonyl (C=O) groups excluding carboxylic acids is 2. The Morgan fingerprint density at radius 2 is 2.05 bits per heavy atom. The van der Waals surface area contributed by atoms with Gasteiger partial charge in [-0.2, -0.15) is 0 Å². The fourth-order valence-electron chi connectivity index (χ4n) is 2.75. The van der Waals surface area contributed by atoms with E-state index in [2.05, 4.69) is 6.92 Å². The lowest BCUT2D eigenvalue weighted by Gasteiger charge is -2.32. The fraction of sp³-hybridized carbons (Fsp3) is 0.500. The van der Waals surface area contributed by atoms with Gasteiger partial charge in [-0.3, -0.25) is 9.59 Å². The highest BCUT2D eigenvalue weighted by molar-refractivity contribution is 7.99. The molecular weight excluding hydrogens is 320 g/mol. The summed E-state index contributed by atoms with van der Waals surface area (Å²) in [4.78, 5) is 26.5. The monoisotopic (exact) mass is 340 g/mol. The second-order valence-corrected chi connectivity index (χ2v) is 7.22. The van der Waals surface area contributed by atoms with Gasteiger partial charge in [0.15, 0.2) is 0 Å². The Kier molecular flexibility index (Phi) is 6.15. The first-order valence-corrected chi connectivity index (χ1v) is 8.87. The molecule has 0 unspecified atom stereocenters. The van der Waals surface area contributed by atoms with E-state index < -0.39 is 0 Å². The van der Waals surface area contributed by atoms with Crippen LogP contribution in [0.25, 0.3) is 0 Å². The van der Waals surface area contributed by atoms with E-state index in [9.17, 15) is 9.59 Å². The summed E-state index contributed by atoms with van der Waals surface area (Å²) >= 11 is 7.69. The van der Waals surface area contributed by atoms with Crippen molar-refractivity contribution < 1.29 is 9.59 Å². The average Bonchev–Trinajstić information content (AvgIpc) is 2.49. The van der Waals surface area contributed by atoms with Crippen molar-refractivity contribution in [2.24, 2.45) is 11.7 Å². The molecule has 1 aromatic carbocycles. The Bertz CT molecular complexity index is 557. The first-order chi connectivity index (χ1) is 10.5. The number of hydrogen-bond acceptors (Lipinski definition) is 3. The summed E-state index contributed by atoms with van der Waals surface area (Å²) in [5, 5.41) is 0.576. The number of halogens is 1. The lowest BCUT2D eigenvalue weighted by molar-refractivity contribution is -0.119. The zero-order valence-corrected chi connectivity index (χ0v) is 14.3.